The number of anilines is 2. The fraction of sp³-hybridized carbons (Fsp3) is 0.267. The van der Waals surface area contributed by atoms with Crippen molar-refractivity contribution in [2.24, 2.45) is 0 Å². The topological polar surface area (TPSA) is 76.1 Å². The van der Waals surface area contributed by atoms with Crippen molar-refractivity contribution in [3.05, 3.63) is 46.6 Å². The molecule has 0 bridgehead atoms. The van der Waals surface area contributed by atoms with Gasteiger partial charge < -0.3 is 15.4 Å². The Kier molecular flexibility index (Phi) is 5.68. The van der Waals surface area contributed by atoms with Crippen LogP contribution >= 0.6 is 11.6 Å². The maximum absolute atomic E-state index is 11.8. The molecule has 0 aliphatic carbocycles. The number of halogens is 1. The van der Waals surface area contributed by atoms with E-state index in [1.54, 1.807) is 19.2 Å². The average molecular weight is 321 g/mol. The molecule has 22 heavy (non-hydrogen) atoms. The summed E-state index contributed by atoms with van der Waals surface area (Å²) >= 11 is 6.07. The van der Waals surface area contributed by atoms with Crippen molar-refractivity contribution in [1.29, 1.82) is 0 Å². The number of hydrogen-bond acceptors (Lipinski definition) is 5. The van der Waals surface area contributed by atoms with E-state index in [-0.39, 0.29) is 11.6 Å². The third-order valence-electron chi connectivity index (χ3n) is 2.93. The van der Waals surface area contributed by atoms with E-state index in [1.165, 1.54) is 0 Å². The number of benzene rings is 1. The van der Waals surface area contributed by atoms with Crippen molar-refractivity contribution >= 4 is 29.0 Å². The second kappa shape index (κ2) is 7.72. The van der Waals surface area contributed by atoms with E-state index in [1.807, 2.05) is 25.1 Å². The average Bonchev–Trinajstić information content (AvgIpc) is 2.52. The third-order valence-corrected chi connectivity index (χ3v) is 3.34. The van der Waals surface area contributed by atoms with E-state index in [4.69, 9.17) is 16.3 Å². The molecule has 2 N–H and O–H groups in total. The Bertz CT molecular complexity index is 646. The maximum atomic E-state index is 11.8. The first-order valence-corrected chi connectivity index (χ1v) is 7.12. The second-order valence-electron chi connectivity index (χ2n) is 4.64. The van der Waals surface area contributed by atoms with Crippen LogP contribution in [0, 0.1) is 6.92 Å². The molecule has 2 rings (SSSR count). The minimum absolute atomic E-state index is 0.253. The maximum Gasteiger partial charge on any atom is 0.271 e. The molecule has 0 spiro atoms. The smallest absolute Gasteiger partial charge is 0.271 e. The zero-order valence-electron chi connectivity index (χ0n) is 12.4. The lowest BCUT2D eigenvalue weighted by Crippen LogP contribution is -2.27. The van der Waals surface area contributed by atoms with E-state index in [0.717, 1.165) is 11.3 Å². The number of methoxy groups -OCH3 is 1. The lowest BCUT2D eigenvalue weighted by atomic mass is 10.2. The zero-order chi connectivity index (χ0) is 15.9. The number of aromatic nitrogens is 2. The normalized spacial score (nSPS) is 10.3. The Morgan fingerprint density at radius 2 is 2.09 bits per heavy atom. The van der Waals surface area contributed by atoms with Crippen LogP contribution in [0.1, 0.15) is 16.1 Å². The summed E-state index contributed by atoms with van der Waals surface area (Å²) in [7, 11) is 1.57. The van der Waals surface area contributed by atoms with E-state index in [2.05, 4.69) is 20.8 Å². The summed E-state index contributed by atoms with van der Waals surface area (Å²) < 4.78 is 4.86. The van der Waals surface area contributed by atoms with Gasteiger partial charge in [0.1, 0.15) is 0 Å². The number of nitrogens with one attached hydrogen (secondary N) is 2. The largest absolute Gasteiger partial charge is 0.383 e. The predicted molar refractivity (Wildman–Crippen MR) is 85.7 cm³/mol. The molecule has 0 atom stereocenters. The molecule has 0 radical (unpaired) electrons. The summed E-state index contributed by atoms with van der Waals surface area (Å²) in [6.07, 6.45) is 0. The molecule has 0 saturated carbocycles. The molecule has 6 nitrogen and oxygen atoms in total. The summed E-state index contributed by atoms with van der Waals surface area (Å²) in [5, 5.41) is 14.3. The molecule has 0 unspecified atom stereocenters. The van der Waals surface area contributed by atoms with Crippen LogP contribution in [0.15, 0.2) is 30.3 Å². The first-order valence-electron chi connectivity index (χ1n) is 6.74. The lowest BCUT2D eigenvalue weighted by Gasteiger charge is -2.07. The third kappa shape index (κ3) is 4.41. The van der Waals surface area contributed by atoms with Crippen LogP contribution in [0.5, 0.6) is 0 Å². The van der Waals surface area contributed by atoms with Crippen molar-refractivity contribution in [3.8, 4) is 0 Å². The van der Waals surface area contributed by atoms with Crippen LogP contribution < -0.4 is 10.6 Å². The summed E-state index contributed by atoms with van der Waals surface area (Å²) in [6.45, 7) is 2.81. The number of amides is 1. The molecule has 1 aromatic heterocycles. The Balaban J connectivity index is 1.99. The van der Waals surface area contributed by atoms with E-state index in [9.17, 15) is 4.79 Å². The summed E-state index contributed by atoms with van der Waals surface area (Å²) in [5.74, 6) is 0.253. The van der Waals surface area contributed by atoms with Crippen LogP contribution in [0.2, 0.25) is 5.02 Å². The van der Waals surface area contributed by atoms with Crippen molar-refractivity contribution in [1.82, 2.24) is 15.5 Å². The number of nitrogens with zero attached hydrogens (tertiary/aromatic N) is 2. The minimum atomic E-state index is -0.283. The highest BCUT2D eigenvalue weighted by Gasteiger charge is 2.07. The quantitative estimate of drug-likeness (QED) is 0.800. The Labute approximate surface area is 133 Å². The molecule has 0 saturated heterocycles. The fourth-order valence-electron chi connectivity index (χ4n) is 1.70. The van der Waals surface area contributed by atoms with Crippen molar-refractivity contribution in [2.75, 3.05) is 25.6 Å². The number of aryl methyl sites for hydroxylation is 1. The Hall–Kier alpha value is -2.18. The Morgan fingerprint density at radius 1 is 1.27 bits per heavy atom. The molecule has 0 aliphatic heterocycles. The van der Waals surface area contributed by atoms with Gasteiger partial charge in [-0.3, -0.25) is 4.79 Å². The first-order chi connectivity index (χ1) is 10.6. The first kappa shape index (κ1) is 16.2. The molecular formula is C15H17ClN4O2. The Morgan fingerprint density at radius 3 is 2.73 bits per heavy atom. The molecule has 0 aliphatic rings. The molecule has 2 aromatic rings. The van der Waals surface area contributed by atoms with Gasteiger partial charge in [-0.05, 0) is 36.8 Å². The van der Waals surface area contributed by atoms with Crippen LogP contribution in [0.25, 0.3) is 0 Å². The summed E-state index contributed by atoms with van der Waals surface area (Å²) in [6, 6.07) is 8.91. The number of carbonyl (C=O) groups excluding carboxylic acids is 1. The molecule has 1 aromatic carbocycles. The van der Waals surface area contributed by atoms with Gasteiger partial charge >= 0.3 is 0 Å². The molecule has 1 heterocycles. The minimum Gasteiger partial charge on any atom is -0.383 e. The molecule has 7 heteroatoms. The van der Waals surface area contributed by atoms with Crippen molar-refractivity contribution in [2.45, 2.75) is 6.92 Å². The van der Waals surface area contributed by atoms with E-state index < -0.39 is 0 Å². The van der Waals surface area contributed by atoms with Gasteiger partial charge in [0, 0.05) is 24.4 Å². The van der Waals surface area contributed by atoms with Crippen LogP contribution in [-0.2, 0) is 4.74 Å². The van der Waals surface area contributed by atoms with Crippen LogP contribution in [0.4, 0.5) is 11.5 Å². The van der Waals surface area contributed by atoms with Crippen molar-refractivity contribution < 1.29 is 9.53 Å². The van der Waals surface area contributed by atoms with Crippen molar-refractivity contribution in [3.63, 3.8) is 0 Å². The van der Waals surface area contributed by atoms with Gasteiger partial charge in [0.25, 0.3) is 5.91 Å². The van der Waals surface area contributed by atoms with E-state index in [0.29, 0.717) is 24.0 Å². The number of rotatable bonds is 6. The zero-order valence-corrected chi connectivity index (χ0v) is 13.1. The van der Waals surface area contributed by atoms with E-state index >= 15 is 0 Å². The van der Waals surface area contributed by atoms with Gasteiger partial charge in [-0.1, -0.05) is 17.7 Å². The highest BCUT2D eigenvalue weighted by atomic mass is 35.5. The number of ether oxygens (including phenoxy) is 1. The lowest BCUT2D eigenvalue weighted by molar-refractivity contribution is 0.0931. The second-order valence-corrected chi connectivity index (χ2v) is 5.05. The standard InChI is InChI=1S/C15H17ClN4O2/c1-10-3-4-11(9-12(10)16)18-14-6-5-13(19-20-14)15(21)17-7-8-22-2/h3-6,9H,7-8H2,1-2H3,(H,17,21)(H,18,20). The molecular weight excluding hydrogens is 304 g/mol. The van der Waals surface area contributed by atoms with Gasteiger partial charge in [-0.25, -0.2) is 0 Å². The molecule has 1 amide bonds. The molecule has 0 fully saturated rings. The number of carbonyl (C=O) groups is 1. The summed E-state index contributed by atoms with van der Waals surface area (Å²) in [5.41, 5.74) is 2.06. The highest BCUT2D eigenvalue weighted by molar-refractivity contribution is 6.31. The SMILES string of the molecule is COCCNC(=O)c1ccc(Nc2ccc(C)c(Cl)c2)nn1. The monoisotopic (exact) mass is 320 g/mol. The fourth-order valence-corrected chi connectivity index (χ4v) is 1.88. The van der Waals surface area contributed by atoms with Crippen LogP contribution in [-0.4, -0.2) is 36.4 Å². The van der Waals surface area contributed by atoms with Gasteiger partial charge in [-0.15, -0.1) is 10.2 Å². The van der Waals surface area contributed by atoms with Gasteiger partial charge in [0.2, 0.25) is 0 Å². The summed E-state index contributed by atoms with van der Waals surface area (Å²) in [4.78, 5) is 11.8. The number of hydrogen-bond donors (Lipinski definition) is 2. The van der Waals surface area contributed by atoms with Gasteiger partial charge in [0.05, 0.1) is 6.61 Å². The highest BCUT2D eigenvalue weighted by Crippen LogP contribution is 2.22. The predicted octanol–water partition coefficient (Wildman–Crippen LogP) is 2.56. The van der Waals surface area contributed by atoms with Gasteiger partial charge in [0.15, 0.2) is 11.5 Å². The van der Waals surface area contributed by atoms with Gasteiger partial charge in [-0.2, -0.15) is 0 Å². The molecule has 116 valence electrons. The van der Waals surface area contributed by atoms with Crippen LogP contribution in [0.3, 0.4) is 0 Å².